The molecule has 0 aliphatic carbocycles. The molecule has 4 nitrogen and oxygen atoms in total. The maximum atomic E-state index is 14.1. The summed E-state index contributed by atoms with van der Waals surface area (Å²) in [6, 6.07) is 12.0. The van der Waals surface area contributed by atoms with Gasteiger partial charge in [-0.25, -0.2) is 9.78 Å². The molecule has 2 unspecified atom stereocenters. The minimum Gasteiger partial charge on any atom is -0.315 e. The molecule has 3 aliphatic heterocycles. The van der Waals surface area contributed by atoms with Gasteiger partial charge in [-0.3, -0.25) is 4.90 Å². The monoisotopic (exact) mass is 363 g/mol. The first-order valence-electron chi connectivity index (χ1n) is 9.71. The Morgan fingerprint density at radius 3 is 2.89 bits per heavy atom. The van der Waals surface area contributed by atoms with Crippen LogP contribution in [0.1, 0.15) is 36.8 Å². The average molecular weight is 363 g/mol. The quantitative estimate of drug-likeness (QED) is 0.704. The van der Waals surface area contributed by atoms with Gasteiger partial charge in [-0.1, -0.05) is 24.3 Å². The van der Waals surface area contributed by atoms with Crippen LogP contribution in [0.15, 0.2) is 48.7 Å². The van der Waals surface area contributed by atoms with Crippen molar-refractivity contribution in [1.82, 2.24) is 9.88 Å². The number of halogens is 1. The Labute approximate surface area is 158 Å². The number of aryl methyl sites for hydroxylation is 1. The summed E-state index contributed by atoms with van der Waals surface area (Å²) in [5, 5.41) is 0. The Morgan fingerprint density at radius 1 is 1.15 bits per heavy atom. The number of urea groups is 1. The van der Waals surface area contributed by atoms with Gasteiger partial charge in [0, 0.05) is 30.0 Å². The number of benzene rings is 1. The molecule has 2 atom stereocenters. The molecular formula is C22H22FN3O. The fraction of sp³-hybridized carbons (Fsp3) is 0.364. The van der Waals surface area contributed by atoms with Crippen LogP contribution in [0.3, 0.4) is 0 Å². The third kappa shape index (κ3) is 2.73. The topological polar surface area (TPSA) is 36.4 Å². The summed E-state index contributed by atoms with van der Waals surface area (Å²) in [5.41, 5.74) is 3.84. The van der Waals surface area contributed by atoms with Crippen molar-refractivity contribution in [2.45, 2.75) is 44.2 Å². The number of carbonyl (C=O) groups excluding carboxylic acids is 1. The van der Waals surface area contributed by atoms with Gasteiger partial charge in [0.25, 0.3) is 0 Å². The molecule has 1 aromatic heterocycles. The van der Waals surface area contributed by atoms with Gasteiger partial charge < -0.3 is 4.90 Å². The molecule has 0 radical (unpaired) electrons. The smallest absolute Gasteiger partial charge is 0.315 e. The van der Waals surface area contributed by atoms with E-state index in [1.54, 1.807) is 12.1 Å². The Kier molecular flexibility index (Phi) is 3.96. The van der Waals surface area contributed by atoms with Crippen molar-refractivity contribution in [3.8, 4) is 0 Å². The Hall–Kier alpha value is -2.69. The normalized spacial score (nSPS) is 23.8. The number of pyridine rings is 1. The van der Waals surface area contributed by atoms with Crippen LogP contribution >= 0.6 is 0 Å². The maximum absolute atomic E-state index is 14.1. The molecule has 1 aromatic carbocycles. The number of hydrogen-bond acceptors (Lipinski definition) is 2. The van der Waals surface area contributed by atoms with Crippen LogP contribution in [0.25, 0.3) is 5.57 Å². The zero-order chi connectivity index (χ0) is 18.4. The summed E-state index contributed by atoms with van der Waals surface area (Å²) in [6.07, 6.45) is 8.17. The van der Waals surface area contributed by atoms with E-state index < -0.39 is 5.95 Å². The van der Waals surface area contributed by atoms with E-state index in [-0.39, 0.29) is 18.1 Å². The second-order valence-electron chi connectivity index (χ2n) is 7.61. The maximum Gasteiger partial charge on any atom is 0.325 e. The van der Waals surface area contributed by atoms with Gasteiger partial charge in [0.1, 0.15) is 0 Å². The highest BCUT2D eigenvalue weighted by atomic mass is 19.1. The number of aromatic nitrogens is 1. The number of rotatable bonds is 1. The van der Waals surface area contributed by atoms with Crippen molar-refractivity contribution < 1.29 is 9.18 Å². The van der Waals surface area contributed by atoms with Crippen molar-refractivity contribution in [1.29, 1.82) is 0 Å². The summed E-state index contributed by atoms with van der Waals surface area (Å²) in [5.74, 6) is -0.423. The highest BCUT2D eigenvalue weighted by molar-refractivity contribution is 5.94. The number of fused-ring (bicyclic) bond motifs is 3. The Bertz CT molecular complexity index is 925. The lowest BCUT2D eigenvalue weighted by molar-refractivity contribution is 0.186. The largest absolute Gasteiger partial charge is 0.325 e. The molecule has 5 rings (SSSR count). The molecule has 27 heavy (non-hydrogen) atoms. The molecule has 1 fully saturated rings. The molecular weight excluding hydrogens is 341 g/mol. The van der Waals surface area contributed by atoms with E-state index >= 15 is 0 Å². The number of nitrogens with zero attached hydrogens (tertiary/aromatic N) is 3. The first kappa shape index (κ1) is 16.5. The zero-order valence-corrected chi connectivity index (χ0v) is 15.1. The number of para-hydroxylation sites is 1. The van der Waals surface area contributed by atoms with Crippen molar-refractivity contribution in [2.75, 3.05) is 11.4 Å². The van der Waals surface area contributed by atoms with Crippen LogP contribution in [0.5, 0.6) is 0 Å². The Morgan fingerprint density at radius 2 is 2.04 bits per heavy atom. The minimum atomic E-state index is -0.423. The van der Waals surface area contributed by atoms with Crippen LogP contribution in [-0.2, 0) is 6.42 Å². The number of hydrogen-bond donors (Lipinski definition) is 0. The average Bonchev–Trinajstić information content (AvgIpc) is 2.97. The fourth-order valence-corrected chi connectivity index (χ4v) is 4.83. The Balaban J connectivity index is 1.45. The molecule has 5 heteroatoms. The van der Waals surface area contributed by atoms with Crippen LogP contribution in [0.2, 0.25) is 0 Å². The van der Waals surface area contributed by atoms with Crippen LogP contribution < -0.4 is 4.90 Å². The second-order valence-corrected chi connectivity index (χ2v) is 7.61. The van der Waals surface area contributed by atoms with Crippen LogP contribution in [0, 0.1) is 5.95 Å². The summed E-state index contributed by atoms with van der Waals surface area (Å²) in [4.78, 5) is 21.2. The minimum absolute atomic E-state index is 0.0416. The standard InChI is InChI=1S/C22H22FN3O/c23-21-19(7-3-11-24-21)16-13-17-9-10-18(14-16)26(17)22(27)25-12-4-6-15-5-1-2-8-20(15)25/h1-3,5,7-8,11,13,17-18H,4,6,9-10,12,14H2. The molecule has 0 spiro atoms. The lowest BCUT2D eigenvalue weighted by Crippen LogP contribution is -2.51. The van der Waals surface area contributed by atoms with Crippen molar-refractivity contribution in [2.24, 2.45) is 0 Å². The SMILES string of the molecule is O=C(N1CCCc2ccccc21)N1C2C=C(c3cccnc3F)CC1CC2. The molecule has 3 aliphatic rings. The van der Waals surface area contributed by atoms with E-state index in [4.69, 9.17) is 0 Å². The highest BCUT2D eigenvalue weighted by Gasteiger charge is 2.42. The molecule has 2 bridgehead atoms. The van der Waals surface area contributed by atoms with Gasteiger partial charge in [-0.15, -0.1) is 0 Å². The van der Waals surface area contributed by atoms with Gasteiger partial charge in [-0.2, -0.15) is 4.39 Å². The zero-order valence-electron chi connectivity index (χ0n) is 15.1. The van der Waals surface area contributed by atoms with E-state index in [9.17, 15) is 9.18 Å². The summed E-state index contributed by atoms with van der Waals surface area (Å²) >= 11 is 0. The molecule has 2 aromatic rings. The summed E-state index contributed by atoms with van der Waals surface area (Å²) in [6.45, 7) is 0.763. The van der Waals surface area contributed by atoms with E-state index in [1.807, 2.05) is 28.0 Å². The predicted octanol–water partition coefficient (Wildman–Crippen LogP) is 4.41. The van der Waals surface area contributed by atoms with Crippen molar-refractivity contribution >= 4 is 17.3 Å². The lowest BCUT2D eigenvalue weighted by atomic mass is 9.95. The molecule has 0 N–H and O–H groups in total. The predicted molar refractivity (Wildman–Crippen MR) is 103 cm³/mol. The van der Waals surface area contributed by atoms with Gasteiger partial charge in [0.2, 0.25) is 5.95 Å². The van der Waals surface area contributed by atoms with Gasteiger partial charge >= 0.3 is 6.03 Å². The van der Waals surface area contributed by atoms with E-state index in [0.29, 0.717) is 12.0 Å². The van der Waals surface area contributed by atoms with Gasteiger partial charge in [-0.05, 0) is 61.4 Å². The molecule has 0 saturated carbocycles. The van der Waals surface area contributed by atoms with Crippen molar-refractivity contribution in [3.63, 3.8) is 0 Å². The molecule has 1 saturated heterocycles. The first-order valence-corrected chi connectivity index (χ1v) is 9.71. The third-order valence-corrected chi connectivity index (χ3v) is 6.06. The number of anilines is 1. The highest BCUT2D eigenvalue weighted by Crippen LogP contribution is 2.40. The molecule has 4 heterocycles. The summed E-state index contributed by atoms with van der Waals surface area (Å²) in [7, 11) is 0. The van der Waals surface area contributed by atoms with Gasteiger partial charge in [0.15, 0.2) is 0 Å². The van der Waals surface area contributed by atoms with Crippen LogP contribution in [0.4, 0.5) is 14.9 Å². The van der Waals surface area contributed by atoms with E-state index in [1.165, 1.54) is 11.8 Å². The molecule has 138 valence electrons. The van der Waals surface area contributed by atoms with Crippen LogP contribution in [-0.4, -0.2) is 34.5 Å². The second kappa shape index (κ2) is 6.48. The van der Waals surface area contributed by atoms with Crippen molar-refractivity contribution in [3.05, 3.63) is 65.7 Å². The fourth-order valence-electron chi connectivity index (χ4n) is 4.83. The lowest BCUT2D eigenvalue weighted by Gasteiger charge is -2.39. The first-order chi connectivity index (χ1) is 13.2. The number of amides is 2. The summed E-state index contributed by atoms with van der Waals surface area (Å²) < 4.78 is 14.1. The van der Waals surface area contributed by atoms with E-state index in [0.717, 1.165) is 43.5 Å². The number of carbonyl (C=O) groups is 1. The third-order valence-electron chi connectivity index (χ3n) is 6.06. The molecule has 2 amide bonds. The van der Waals surface area contributed by atoms with Gasteiger partial charge in [0.05, 0.1) is 6.04 Å². The van der Waals surface area contributed by atoms with E-state index in [2.05, 4.69) is 17.1 Å².